The second kappa shape index (κ2) is 4.06. The van der Waals surface area contributed by atoms with Crippen molar-refractivity contribution >= 4 is 23.8 Å². The van der Waals surface area contributed by atoms with Crippen LogP contribution in [0.1, 0.15) is 0 Å². The van der Waals surface area contributed by atoms with E-state index >= 15 is 0 Å². The van der Waals surface area contributed by atoms with Crippen LogP contribution < -0.4 is 0 Å². The molecule has 1 radical (unpaired) electrons. The molecular formula is C5H4ClCoNS. The number of H-pyrrole nitrogens is 1. The fourth-order valence-corrected chi connectivity index (χ4v) is 0.849. The van der Waals surface area contributed by atoms with Crippen molar-refractivity contribution in [3.05, 3.63) is 28.0 Å². The molecule has 4 heteroatoms. The van der Waals surface area contributed by atoms with Crippen molar-refractivity contribution < 1.29 is 16.8 Å². The Morgan fingerprint density at radius 3 is 2.56 bits per heavy atom. The van der Waals surface area contributed by atoms with Gasteiger partial charge in [-0.25, -0.2) is 0 Å². The molecule has 0 saturated carbocycles. The summed E-state index contributed by atoms with van der Waals surface area (Å²) in [6.45, 7) is 0. The summed E-state index contributed by atoms with van der Waals surface area (Å²) >= 11 is 10.3. The van der Waals surface area contributed by atoms with Gasteiger partial charge in [-0.3, -0.25) is 0 Å². The standard InChI is InChI=1S/C5H4ClNS.Co/c6-5-3-4(8)1-2-7-5;/h1-3H,(H,7,8);. The molecule has 0 aliphatic rings. The Bertz CT molecular complexity index is 234. The van der Waals surface area contributed by atoms with E-state index in [2.05, 4.69) is 4.98 Å². The Morgan fingerprint density at radius 2 is 2.22 bits per heavy atom. The Hall–Kier alpha value is 0.166. The molecular weight excluding hydrogens is 201 g/mol. The maximum atomic E-state index is 5.52. The van der Waals surface area contributed by atoms with E-state index in [1.807, 2.05) is 0 Å². The van der Waals surface area contributed by atoms with E-state index in [-0.39, 0.29) is 16.8 Å². The van der Waals surface area contributed by atoms with E-state index in [9.17, 15) is 0 Å². The van der Waals surface area contributed by atoms with E-state index < -0.39 is 0 Å². The predicted molar refractivity (Wildman–Crippen MR) is 36.6 cm³/mol. The summed E-state index contributed by atoms with van der Waals surface area (Å²) in [7, 11) is 0. The normalized spacial score (nSPS) is 8.11. The molecule has 0 amide bonds. The van der Waals surface area contributed by atoms with Crippen molar-refractivity contribution in [2.45, 2.75) is 0 Å². The molecule has 0 bridgehead atoms. The minimum absolute atomic E-state index is 0. The Balaban J connectivity index is 0.000000640. The van der Waals surface area contributed by atoms with Gasteiger partial charge in [0.2, 0.25) is 0 Å². The smallest absolute Gasteiger partial charge is 0.107 e. The maximum absolute atomic E-state index is 5.52. The van der Waals surface area contributed by atoms with Crippen molar-refractivity contribution in [1.29, 1.82) is 0 Å². The molecule has 1 rings (SSSR count). The van der Waals surface area contributed by atoms with Crippen LogP contribution >= 0.6 is 23.8 Å². The molecule has 0 atom stereocenters. The third-order valence-electron chi connectivity index (χ3n) is 0.738. The SMILES string of the molecule is S=c1cc[nH]c(Cl)c1.[Co]. The van der Waals surface area contributed by atoms with Crippen LogP contribution in [0.5, 0.6) is 0 Å². The fourth-order valence-electron chi connectivity index (χ4n) is 0.418. The number of aromatic amines is 1. The van der Waals surface area contributed by atoms with Crippen LogP contribution in [0.4, 0.5) is 0 Å². The van der Waals surface area contributed by atoms with Gasteiger partial charge >= 0.3 is 0 Å². The monoisotopic (exact) mass is 204 g/mol. The molecule has 0 aliphatic carbocycles. The average molecular weight is 205 g/mol. The molecule has 1 N–H and O–H groups in total. The number of aromatic nitrogens is 1. The second-order valence-corrected chi connectivity index (χ2v) is 2.25. The van der Waals surface area contributed by atoms with Gasteiger partial charge in [0, 0.05) is 27.5 Å². The van der Waals surface area contributed by atoms with Gasteiger partial charge in [-0.05, 0) is 12.1 Å². The van der Waals surface area contributed by atoms with E-state index in [1.54, 1.807) is 18.3 Å². The van der Waals surface area contributed by atoms with Gasteiger partial charge in [-0.15, -0.1) is 0 Å². The first-order valence-electron chi connectivity index (χ1n) is 2.13. The molecule has 1 aromatic rings. The molecule has 0 fully saturated rings. The molecule has 9 heavy (non-hydrogen) atoms. The van der Waals surface area contributed by atoms with Gasteiger partial charge in [0.1, 0.15) is 5.15 Å². The van der Waals surface area contributed by atoms with Gasteiger partial charge in [0.25, 0.3) is 0 Å². The number of hydrogen-bond donors (Lipinski definition) is 1. The third-order valence-corrected chi connectivity index (χ3v) is 1.21. The Morgan fingerprint density at radius 1 is 1.56 bits per heavy atom. The third kappa shape index (κ3) is 3.00. The number of pyridine rings is 1. The first-order chi connectivity index (χ1) is 3.79. The molecule has 1 nitrogen and oxygen atoms in total. The molecule has 0 unspecified atom stereocenters. The number of halogens is 1. The number of rotatable bonds is 0. The molecule has 1 heterocycles. The molecule has 51 valence electrons. The van der Waals surface area contributed by atoms with Crippen molar-refractivity contribution in [3.8, 4) is 0 Å². The van der Waals surface area contributed by atoms with Crippen molar-refractivity contribution in [2.24, 2.45) is 0 Å². The summed E-state index contributed by atoms with van der Waals surface area (Å²) in [5.74, 6) is 0. The van der Waals surface area contributed by atoms with Crippen molar-refractivity contribution in [3.63, 3.8) is 0 Å². The summed E-state index contributed by atoms with van der Waals surface area (Å²) in [4.78, 5) is 2.77. The zero-order valence-electron chi connectivity index (χ0n) is 4.35. The Kier molecular flexibility index (Phi) is 4.13. The molecule has 0 aromatic carbocycles. The van der Waals surface area contributed by atoms with Gasteiger partial charge in [0.05, 0.1) is 0 Å². The topological polar surface area (TPSA) is 15.8 Å². The van der Waals surface area contributed by atoms with Crippen LogP contribution in [-0.4, -0.2) is 4.98 Å². The van der Waals surface area contributed by atoms with E-state index in [0.29, 0.717) is 5.15 Å². The van der Waals surface area contributed by atoms with Crippen LogP contribution in [0.3, 0.4) is 0 Å². The minimum atomic E-state index is 0. The summed E-state index contributed by atoms with van der Waals surface area (Å²) in [6, 6.07) is 3.47. The van der Waals surface area contributed by atoms with Crippen molar-refractivity contribution in [1.82, 2.24) is 4.98 Å². The van der Waals surface area contributed by atoms with E-state index in [4.69, 9.17) is 23.8 Å². The van der Waals surface area contributed by atoms with Crippen LogP contribution in [0, 0.1) is 4.51 Å². The first-order valence-corrected chi connectivity index (χ1v) is 2.92. The van der Waals surface area contributed by atoms with E-state index in [0.717, 1.165) is 4.51 Å². The molecule has 0 spiro atoms. The maximum Gasteiger partial charge on any atom is 0.107 e. The van der Waals surface area contributed by atoms with Gasteiger partial charge < -0.3 is 4.98 Å². The number of hydrogen-bond acceptors (Lipinski definition) is 1. The summed E-state index contributed by atoms with van der Waals surface area (Å²) in [5, 5.41) is 0.581. The summed E-state index contributed by atoms with van der Waals surface area (Å²) < 4.78 is 0.758. The van der Waals surface area contributed by atoms with Gasteiger partial charge in [-0.1, -0.05) is 23.8 Å². The van der Waals surface area contributed by atoms with Crippen LogP contribution in [-0.2, 0) is 16.8 Å². The quantitative estimate of drug-likeness (QED) is 0.507. The minimum Gasteiger partial charge on any atom is -0.352 e. The predicted octanol–water partition coefficient (Wildman–Crippen LogP) is 2.40. The van der Waals surface area contributed by atoms with Crippen LogP contribution in [0.2, 0.25) is 5.15 Å². The fraction of sp³-hybridized carbons (Fsp3) is 0. The average Bonchev–Trinajstić information content (AvgIpc) is 1.64. The zero-order chi connectivity index (χ0) is 5.98. The number of nitrogens with one attached hydrogen (secondary N) is 1. The molecule has 1 aromatic heterocycles. The second-order valence-electron chi connectivity index (χ2n) is 1.37. The van der Waals surface area contributed by atoms with Gasteiger partial charge in [0.15, 0.2) is 0 Å². The van der Waals surface area contributed by atoms with Gasteiger partial charge in [-0.2, -0.15) is 0 Å². The largest absolute Gasteiger partial charge is 0.352 e. The first kappa shape index (κ1) is 9.17. The summed E-state index contributed by atoms with van der Waals surface area (Å²) in [6.07, 6.45) is 1.71. The zero-order valence-corrected chi connectivity index (χ0v) is 6.97. The van der Waals surface area contributed by atoms with E-state index in [1.165, 1.54) is 0 Å². The van der Waals surface area contributed by atoms with Crippen LogP contribution in [0.25, 0.3) is 0 Å². The Labute approximate surface area is 73.6 Å². The summed E-state index contributed by atoms with van der Waals surface area (Å²) in [5.41, 5.74) is 0. The molecule has 0 saturated heterocycles. The molecule has 0 aliphatic heterocycles. The van der Waals surface area contributed by atoms with Crippen LogP contribution in [0.15, 0.2) is 18.3 Å². The van der Waals surface area contributed by atoms with Crippen molar-refractivity contribution in [2.75, 3.05) is 0 Å².